The number of aromatic nitrogens is 3. The first-order chi connectivity index (χ1) is 20.3. The van der Waals surface area contributed by atoms with Gasteiger partial charge in [-0.15, -0.1) is 0 Å². The van der Waals surface area contributed by atoms with Gasteiger partial charge in [0.05, 0.1) is 22.2 Å². The molecular formula is C31H32N8O2S. The lowest BCUT2D eigenvalue weighted by Crippen LogP contribution is -2.53. The highest BCUT2D eigenvalue weighted by Crippen LogP contribution is 2.35. The van der Waals surface area contributed by atoms with Gasteiger partial charge >= 0.3 is 0 Å². The van der Waals surface area contributed by atoms with E-state index < -0.39 is 9.84 Å². The second-order valence-corrected chi connectivity index (χ2v) is 12.9. The van der Waals surface area contributed by atoms with Gasteiger partial charge in [0.1, 0.15) is 11.9 Å². The van der Waals surface area contributed by atoms with E-state index in [-0.39, 0.29) is 0 Å². The number of nitriles is 1. The minimum absolute atomic E-state index is 0.350. The Hall–Kier alpha value is -4.53. The van der Waals surface area contributed by atoms with E-state index in [9.17, 15) is 13.7 Å². The Morgan fingerprint density at radius 3 is 2.48 bits per heavy atom. The molecule has 2 aliphatic heterocycles. The van der Waals surface area contributed by atoms with Gasteiger partial charge < -0.3 is 15.6 Å². The van der Waals surface area contributed by atoms with Gasteiger partial charge in [0.15, 0.2) is 9.84 Å². The first-order valence-corrected chi connectivity index (χ1v) is 15.7. The lowest BCUT2D eigenvalue weighted by Gasteiger charge is -2.41. The van der Waals surface area contributed by atoms with Crippen LogP contribution in [-0.4, -0.2) is 72.6 Å². The molecule has 214 valence electrons. The third-order valence-corrected chi connectivity index (χ3v) is 9.38. The monoisotopic (exact) mass is 580 g/mol. The molecule has 4 aromatic rings. The summed E-state index contributed by atoms with van der Waals surface area (Å²) in [7, 11) is -1.41. The van der Waals surface area contributed by atoms with E-state index >= 15 is 0 Å². The molecule has 6 rings (SSSR count). The molecule has 2 atom stereocenters. The number of hydrogen-bond donors (Lipinski definition) is 2. The van der Waals surface area contributed by atoms with Gasteiger partial charge in [0, 0.05) is 92.1 Å². The molecule has 11 heteroatoms. The number of benzene rings is 1. The zero-order valence-corrected chi connectivity index (χ0v) is 24.3. The number of hydrogen-bond acceptors (Lipinski definition) is 9. The minimum Gasteiger partial charge on any atom is -0.393 e. The quantitative estimate of drug-likeness (QED) is 0.302. The van der Waals surface area contributed by atoms with Crippen molar-refractivity contribution in [2.24, 2.45) is 0 Å². The van der Waals surface area contributed by atoms with Crippen molar-refractivity contribution in [2.75, 3.05) is 31.3 Å². The fraction of sp³-hybridized carbons (Fsp3) is 0.290. The second kappa shape index (κ2) is 11.0. The third-order valence-electron chi connectivity index (χ3n) is 8.25. The van der Waals surface area contributed by atoms with Crippen LogP contribution in [0.4, 0.5) is 5.82 Å². The predicted molar refractivity (Wildman–Crippen MR) is 163 cm³/mol. The highest BCUT2D eigenvalue weighted by Gasteiger charge is 2.40. The van der Waals surface area contributed by atoms with Crippen molar-refractivity contribution >= 4 is 33.0 Å². The van der Waals surface area contributed by atoms with Crippen molar-refractivity contribution in [3.05, 3.63) is 83.9 Å². The molecule has 0 saturated carbocycles. The van der Waals surface area contributed by atoms with E-state index in [2.05, 4.69) is 26.3 Å². The molecule has 0 radical (unpaired) electrons. The molecular weight excluding hydrogens is 548 g/mol. The zero-order valence-electron chi connectivity index (χ0n) is 23.5. The Labute approximate surface area is 245 Å². The van der Waals surface area contributed by atoms with Gasteiger partial charge in [-0.3, -0.25) is 4.90 Å². The number of sulfone groups is 1. The van der Waals surface area contributed by atoms with Crippen LogP contribution in [0, 0.1) is 16.7 Å². The third kappa shape index (κ3) is 5.15. The van der Waals surface area contributed by atoms with E-state index in [0.29, 0.717) is 33.6 Å². The van der Waals surface area contributed by atoms with Crippen LogP contribution in [0.3, 0.4) is 0 Å². The molecule has 1 aromatic carbocycles. The maximum atomic E-state index is 11.8. The van der Waals surface area contributed by atoms with Crippen LogP contribution >= 0.6 is 0 Å². The molecule has 0 spiro atoms. The van der Waals surface area contributed by atoms with Crippen LogP contribution in [0.2, 0.25) is 0 Å². The Kier molecular flexibility index (Phi) is 7.26. The van der Waals surface area contributed by atoms with E-state index in [4.69, 9.17) is 10.4 Å². The maximum absolute atomic E-state index is 11.8. The van der Waals surface area contributed by atoms with E-state index in [0.717, 1.165) is 60.5 Å². The van der Waals surface area contributed by atoms with Gasteiger partial charge in [-0.25, -0.2) is 17.9 Å². The normalized spacial score (nSPS) is 19.2. The second-order valence-electron chi connectivity index (χ2n) is 10.9. The standard InChI is InChI=1S/C31H32N8O2S/c1-34-14-24(12-32)23-11-29(31-25(13-33)16-36-39(31)18-23)22-5-10-30(35-15-22)37-19-26-6-7-27(20-37)38(26)17-21-3-8-28(9-4-21)42(2,40)41/h3-5,8-12,14-16,18,26-27,32,34H,6-7,17,19-20H2,1-2H3/b24-14+,32-12?. The molecule has 2 fully saturated rings. The summed E-state index contributed by atoms with van der Waals surface area (Å²) in [5, 5.41) is 24.9. The van der Waals surface area contributed by atoms with Crippen LogP contribution in [-0.2, 0) is 16.4 Å². The Balaban J connectivity index is 1.23. The van der Waals surface area contributed by atoms with Crippen LogP contribution in [0.25, 0.3) is 22.2 Å². The Bertz CT molecular complexity index is 1810. The number of pyridine rings is 2. The van der Waals surface area contributed by atoms with Gasteiger partial charge in [0.25, 0.3) is 0 Å². The summed E-state index contributed by atoms with van der Waals surface area (Å²) in [5.41, 5.74) is 5.51. The lowest BCUT2D eigenvalue weighted by atomic mass is 10.0. The molecule has 2 saturated heterocycles. The summed E-state index contributed by atoms with van der Waals surface area (Å²) in [6.07, 6.45) is 11.8. The van der Waals surface area contributed by atoms with Gasteiger partial charge in [-0.1, -0.05) is 12.1 Å². The first-order valence-electron chi connectivity index (χ1n) is 13.8. The summed E-state index contributed by atoms with van der Waals surface area (Å²) >= 11 is 0. The van der Waals surface area contributed by atoms with E-state index in [1.807, 2.05) is 42.7 Å². The highest BCUT2D eigenvalue weighted by atomic mass is 32.2. The zero-order chi connectivity index (χ0) is 29.4. The number of allylic oxidation sites excluding steroid dienone is 1. The molecule has 42 heavy (non-hydrogen) atoms. The van der Waals surface area contributed by atoms with Crippen molar-refractivity contribution in [3.8, 4) is 17.2 Å². The first kappa shape index (κ1) is 27.6. The largest absolute Gasteiger partial charge is 0.393 e. The molecule has 5 heterocycles. The summed E-state index contributed by atoms with van der Waals surface area (Å²) in [6.45, 7) is 2.56. The molecule has 3 aromatic heterocycles. The molecule has 0 aliphatic carbocycles. The SMILES string of the molecule is CN/C=C(\C=N)c1cc(-c2ccc(N3CC4CCC(C3)N4Cc3ccc(S(C)(=O)=O)cc3)nc2)c2c(C#N)cnn2c1. The number of nitrogens with one attached hydrogen (secondary N) is 2. The lowest BCUT2D eigenvalue weighted by molar-refractivity contribution is 0.160. The number of rotatable bonds is 8. The topological polar surface area (TPSA) is 130 Å². The van der Waals surface area contributed by atoms with E-state index in [1.165, 1.54) is 12.5 Å². The average Bonchev–Trinajstić information content (AvgIpc) is 3.50. The molecule has 2 unspecified atom stereocenters. The fourth-order valence-corrected chi connectivity index (χ4v) is 6.80. The highest BCUT2D eigenvalue weighted by molar-refractivity contribution is 7.90. The fourth-order valence-electron chi connectivity index (χ4n) is 6.17. The van der Waals surface area contributed by atoms with Crippen molar-refractivity contribution in [3.63, 3.8) is 0 Å². The number of nitrogens with zero attached hydrogens (tertiary/aromatic N) is 6. The smallest absolute Gasteiger partial charge is 0.175 e. The number of fused-ring (bicyclic) bond motifs is 3. The Morgan fingerprint density at radius 1 is 1.14 bits per heavy atom. The van der Waals surface area contributed by atoms with Crippen molar-refractivity contribution in [1.82, 2.24) is 24.8 Å². The van der Waals surface area contributed by atoms with Crippen LogP contribution < -0.4 is 10.2 Å². The van der Waals surface area contributed by atoms with Crippen molar-refractivity contribution in [1.29, 1.82) is 10.7 Å². The summed E-state index contributed by atoms with van der Waals surface area (Å²) in [5.74, 6) is 0.921. The Morgan fingerprint density at radius 2 is 1.88 bits per heavy atom. The van der Waals surface area contributed by atoms with Gasteiger partial charge in [-0.05, 0) is 48.7 Å². The average molecular weight is 581 g/mol. The number of anilines is 1. The summed E-state index contributed by atoms with van der Waals surface area (Å²) in [4.78, 5) is 10.1. The van der Waals surface area contributed by atoms with Crippen LogP contribution in [0.5, 0.6) is 0 Å². The van der Waals surface area contributed by atoms with E-state index in [1.54, 1.807) is 36.1 Å². The van der Waals surface area contributed by atoms with Crippen LogP contribution in [0.1, 0.15) is 29.5 Å². The van der Waals surface area contributed by atoms with Crippen LogP contribution in [0.15, 0.2) is 72.2 Å². The maximum Gasteiger partial charge on any atom is 0.175 e. The van der Waals surface area contributed by atoms with Crippen molar-refractivity contribution in [2.45, 2.75) is 36.4 Å². The van der Waals surface area contributed by atoms with Gasteiger partial charge in [0.2, 0.25) is 0 Å². The summed E-state index contributed by atoms with van der Waals surface area (Å²) < 4.78 is 25.3. The number of piperazine rings is 1. The minimum atomic E-state index is -3.20. The van der Waals surface area contributed by atoms with Gasteiger partial charge in [-0.2, -0.15) is 10.4 Å². The van der Waals surface area contributed by atoms with Crippen molar-refractivity contribution < 1.29 is 8.42 Å². The molecule has 2 aliphatic rings. The summed E-state index contributed by atoms with van der Waals surface area (Å²) in [6, 6.07) is 16.4. The predicted octanol–water partition coefficient (Wildman–Crippen LogP) is 3.73. The molecule has 2 bridgehead atoms. The molecule has 2 N–H and O–H groups in total. The molecule has 10 nitrogen and oxygen atoms in total. The molecule has 0 amide bonds.